The van der Waals surface area contributed by atoms with Crippen molar-refractivity contribution in [2.75, 3.05) is 0 Å². The van der Waals surface area contributed by atoms with E-state index in [1.807, 2.05) is 20.8 Å². The third-order valence-electron chi connectivity index (χ3n) is 2.73. The highest BCUT2D eigenvalue weighted by Gasteiger charge is 2.33. The Morgan fingerprint density at radius 3 is 2.35 bits per heavy atom. The van der Waals surface area contributed by atoms with Crippen molar-refractivity contribution in [1.29, 1.82) is 0 Å². The van der Waals surface area contributed by atoms with Crippen molar-refractivity contribution < 1.29 is 22.1 Å². The minimum atomic E-state index is -4.41. The summed E-state index contributed by atoms with van der Waals surface area (Å²) in [5.41, 5.74) is -0.795. The second-order valence-electron chi connectivity index (χ2n) is 6.63. The standard InChI is InChI=1S/C13H21NO5S/c1-12(2,3)9-13(4,5)14(15)8-10-11(6-7-19-10)20(16,17)18/h6-8H,9H2,1-5H3,(H,16,17,18). The van der Waals surface area contributed by atoms with Crippen LogP contribution in [-0.2, 0) is 10.1 Å². The number of rotatable bonds is 4. The Kier molecular flexibility index (Phi) is 4.36. The first-order chi connectivity index (χ1) is 8.83. The van der Waals surface area contributed by atoms with Crippen LogP contribution in [-0.4, -0.2) is 29.5 Å². The molecule has 20 heavy (non-hydrogen) atoms. The molecule has 7 heteroatoms. The van der Waals surface area contributed by atoms with Crippen LogP contribution in [0.2, 0.25) is 0 Å². The lowest BCUT2D eigenvalue weighted by Crippen LogP contribution is -2.37. The zero-order valence-corrected chi connectivity index (χ0v) is 13.2. The van der Waals surface area contributed by atoms with Crippen molar-refractivity contribution in [2.24, 2.45) is 5.41 Å². The Morgan fingerprint density at radius 1 is 1.35 bits per heavy atom. The van der Waals surface area contributed by atoms with E-state index in [-0.39, 0.29) is 11.2 Å². The van der Waals surface area contributed by atoms with Gasteiger partial charge < -0.3 is 9.62 Å². The minimum Gasteiger partial charge on any atom is -0.623 e. The smallest absolute Gasteiger partial charge is 0.298 e. The van der Waals surface area contributed by atoms with Crippen molar-refractivity contribution in [3.8, 4) is 0 Å². The van der Waals surface area contributed by atoms with Gasteiger partial charge in [0.15, 0.2) is 5.54 Å². The van der Waals surface area contributed by atoms with E-state index in [1.54, 1.807) is 13.8 Å². The Bertz CT molecular complexity index is 605. The van der Waals surface area contributed by atoms with Crippen LogP contribution < -0.4 is 0 Å². The Morgan fingerprint density at radius 2 is 1.90 bits per heavy atom. The van der Waals surface area contributed by atoms with Crippen LogP contribution in [0.5, 0.6) is 0 Å². The van der Waals surface area contributed by atoms with E-state index in [9.17, 15) is 13.6 Å². The third kappa shape index (κ3) is 4.35. The molecule has 114 valence electrons. The second kappa shape index (κ2) is 5.21. The van der Waals surface area contributed by atoms with Gasteiger partial charge in [-0.2, -0.15) is 8.42 Å². The lowest BCUT2D eigenvalue weighted by Gasteiger charge is -2.30. The lowest BCUT2D eigenvalue weighted by atomic mass is 9.82. The van der Waals surface area contributed by atoms with Gasteiger partial charge in [0.2, 0.25) is 12.0 Å². The topological polar surface area (TPSA) is 93.6 Å². The summed E-state index contributed by atoms with van der Waals surface area (Å²) in [7, 11) is -4.41. The molecule has 1 aromatic rings. The van der Waals surface area contributed by atoms with Crippen molar-refractivity contribution in [3.63, 3.8) is 0 Å². The van der Waals surface area contributed by atoms with Gasteiger partial charge in [-0.25, -0.2) is 4.74 Å². The summed E-state index contributed by atoms with van der Waals surface area (Å²) < 4.78 is 36.9. The maximum Gasteiger partial charge on any atom is 0.298 e. The molecule has 0 aromatic carbocycles. The Labute approximate surface area is 119 Å². The fourth-order valence-corrected chi connectivity index (χ4v) is 2.86. The zero-order chi connectivity index (χ0) is 15.8. The van der Waals surface area contributed by atoms with Crippen LogP contribution >= 0.6 is 0 Å². The molecule has 1 N–H and O–H groups in total. The summed E-state index contributed by atoms with van der Waals surface area (Å²) in [6.45, 7) is 9.56. The maximum absolute atomic E-state index is 12.2. The fraction of sp³-hybridized carbons (Fsp3) is 0.615. The Hall–Kier alpha value is -1.34. The molecule has 0 bridgehead atoms. The first kappa shape index (κ1) is 16.7. The van der Waals surface area contributed by atoms with Gasteiger partial charge in [0.25, 0.3) is 10.1 Å². The molecule has 0 aliphatic heterocycles. The van der Waals surface area contributed by atoms with Crippen molar-refractivity contribution >= 4 is 16.3 Å². The first-order valence-electron chi connectivity index (χ1n) is 6.19. The van der Waals surface area contributed by atoms with Gasteiger partial charge in [-0.3, -0.25) is 4.55 Å². The van der Waals surface area contributed by atoms with E-state index in [0.29, 0.717) is 11.2 Å². The summed E-state index contributed by atoms with van der Waals surface area (Å²) >= 11 is 0. The first-order valence-corrected chi connectivity index (χ1v) is 7.63. The highest BCUT2D eigenvalue weighted by atomic mass is 32.2. The predicted octanol–water partition coefficient (Wildman–Crippen LogP) is 2.67. The third-order valence-corrected chi connectivity index (χ3v) is 3.62. The molecule has 6 nitrogen and oxygen atoms in total. The molecule has 0 atom stereocenters. The van der Waals surface area contributed by atoms with Crippen LogP contribution in [0.15, 0.2) is 21.6 Å². The average molecular weight is 303 g/mol. The van der Waals surface area contributed by atoms with E-state index in [1.165, 1.54) is 0 Å². The highest BCUT2D eigenvalue weighted by molar-refractivity contribution is 7.86. The number of hydrogen-bond donors (Lipinski definition) is 1. The molecule has 1 heterocycles. The van der Waals surface area contributed by atoms with Crippen LogP contribution in [0.3, 0.4) is 0 Å². The molecule has 0 fully saturated rings. The molecular formula is C13H21NO5S. The van der Waals surface area contributed by atoms with Crippen molar-refractivity contribution in [1.82, 2.24) is 0 Å². The molecule has 0 unspecified atom stereocenters. The summed E-state index contributed by atoms with van der Waals surface area (Å²) in [5.74, 6) is -0.176. The van der Waals surface area contributed by atoms with Crippen LogP contribution in [0, 0.1) is 10.6 Å². The van der Waals surface area contributed by atoms with E-state index in [4.69, 9.17) is 8.97 Å². The monoisotopic (exact) mass is 303 g/mol. The molecule has 0 aliphatic rings. The van der Waals surface area contributed by atoms with Crippen LogP contribution in [0.25, 0.3) is 0 Å². The van der Waals surface area contributed by atoms with E-state index >= 15 is 0 Å². The molecule has 0 saturated heterocycles. The highest BCUT2D eigenvalue weighted by Crippen LogP contribution is 2.29. The summed E-state index contributed by atoms with van der Waals surface area (Å²) in [4.78, 5) is -0.412. The molecule has 0 radical (unpaired) electrons. The van der Waals surface area contributed by atoms with Gasteiger partial charge in [0.1, 0.15) is 4.90 Å². The second-order valence-corrected chi connectivity index (χ2v) is 8.02. The maximum atomic E-state index is 12.2. The van der Waals surface area contributed by atoms with Gasteiger partial charge in [-0.15, -0.1) is 0 Å². The molecule has 0 aliphatic carbocycles. The van der Waals surface area contributed by atoms with Gasteiger partial charge >= 0.3 is 0 Å². The minimum absolute atomic E-state index is 0.0605. The van der Waals surface area contributed by atoms with Crippen molar-refractivity contribution in [3.05, 3.63) is 23.3 Å². The molecule has 1 aromatic heterocycles. The molecule has 0 spiro atoms. The van der Waals surface area contributed by atoms with E-state index < -0.39 is 20.6 Å². The van der Waals surface area contributed by atoms with Gasteiger partial charge in [-0.1, -0.05) is 20.8 Å². The van der Waals surface area contributed by atoms with E-state index in [0.717, 1.165) is 18.5 Å². The lowest BCUT2D eigenvalue weighted by molar-refractivity contribution is -0.540. The van der Waals surface area contributed by atoms with Crippen LogP contribution in [0.4, 0.5) is 0 Å². The largest absolute Gasteiger partial charge is 0.623 e. The quantitative estimate of drug-likeness (QED) is 0.303. The van der Waals surface area contributed by atoms with Gasteiger partial charge in [0, 0.05) is 20.3 Å². The van der Waals surface area contributed by atoms with E-state index in [2.05, 4.69) is 0 Å². The predicted molar refractivity (Wildman–Crippen MR) is 75.5 cm³/mol. The van der Waals surface area contributed by atoms with Gasteiger partial charge in [0.05, 0.1) is 6.26 Å². The van der Waals surface area contributed by atoms with Gasteiger partial charge in [-0.05, 0) is 11.5 Å². The molecule has 1 rings (SSSR count). The summed E-state index contributed by atoms with van der Waals surface area (Å²) in [6.07, 6.45) is 2.76. The summed E-state index contributed by atoms with van der Waals surface area (Å²) in [6, 6.07) is 1.10. The fourth-order valence-electron chi connectivity index (χ4n) is 2.27. The Balaban J connectivity index is 3.15. The number of hydrogen-bond acceptors (Lipinski definition) is 4. The van der Waals surface area contributed by atoms with Crippen molar-refractivity contribution in [2.45, 2.75) is 51.5 Å². The normalized spacial score (nSPS) is 14.6. The number of hydroxylamine groups is 1. The number of nitrogens with zero attached hydrogens (tertiary/aromatic N) is 1. The molecule has 0 saturated carbocycles. The number of furan rings is 1. The SMILES string of the molecule is CC(C)(C)CC(C)(C)[N+]([O-])=Cc1occc1S(=O)(=O)O. The molecule has 0 amide bonds. The van der Waals surface area contributed by atoms with Crippen LogP contribution in [0.1, 0.15) is 46.8 Å². The average Bonchev–Trinajstić information content (AvgIpc) is 2.60. The zero-order valence-electron chi connectivity index (χ0n) is 12.4. The summed E-state index contributed by atoms with van der Waals surface area (Å²) in [5, 5.41) is 12.2. The molecular weight excluding hydrogens is 282 g/mol.